The van der Waals surface area contributed by atoms with Crippen LogP contribution in [0.5, 0.6) is 0 Å². The Labute approximate surface area is 199 Å². The fourth-order valence-electron chi connectivity index (χ4n) is 6.86. The van der Waals surface area contributed by atoms with Gasteiger partial charge in [-0.25, -0.2) is 0 Å². The highest BCUT2D eigenvalue weighted by Crippen LogP contribution is 2.65. The van der Waals surface area contributed by atoms with Crippen LogP contribution in [0.3, 0.4) is 0 Å². The lowest BCUT2D eigenvalue weighted by Crippen LogP contribution is -2.60. The summed E-state index contributed by atoms with van der Waals surface area (Å²) in [4.78, 5) is 29.6. The third-order valence-electron chi connectivity index (χ3n) is 8.04. The fraction of sp³-hybridized carbons (Fsp3) is 0.310. The number of benzene rings is 3. The largest absolute Gasteiger partial charge is 0.355 e. The standard InChI is InChI=1S/C29H27NO4/c1-33-28(34-2)29-21-14-8-6-12-19(21)23(20-13-7-9-15-22(20)29)24-25(29)27(32)30(26(24)31)17-16-18-10-4-3-5-11-18/h3-15,23-25,28H,16-17H2,1-2H3/t23?,24-,25-,29?/m0/s1. The summed E-state index contributed by atoms with van der Waals surface area (Å²) in [5.41, 5.74) is 4.44. The van der Waals surface area contributed by atoms with Gasteiger partial charge in [-0.15, -0.1) is 0 Å². The van der Waals surface area contributed by atoms with Crippen molar-refractivity contribution in [3.8, 4) is 0 Å². The monoisotopic (exact) mass is 453 g/mol. The van der Waals surface area contributed by atoms with Crippen molar-refractivity contribution in [1.29, 1.82) is 0 Å². The maximum atomic E-state index is 14.1. The number of hydrogen-bond donors (Lipinski definition) is 0. The molecule has 5 nitrogen and oxygen atoms in total. The molecule has 5 heteroatoms. The molecular formula is C29H27NO4. The van der Waals surface area contributed by atoms with Gasteiger partial charge in [0.1, 0.15) is 0 Å². The Balaban J connectivity index is 1.54. The van der Waals surface area contributed by atoms with Gasteiger partial charge in [-0.2, -0.15) is 0 Å². The Bertz CT molecular complexity index is 1220. The van der Waals surface area contributed by atoms with Crippen LogP contribution in [-0.2, 0) is 30.9 Å². The van der Waals surface area contributed by atoms with Crippen LogP contribution in [0.2, 0.25) is 0 Å². The molecule has 1 aliphatic heterocycles. The highest BCUT2D eigenvalue weighted by Gasteiger charge is 2.70. The first-order valence-electron chi connectivity index (χ1n) is 11.8. The van der Waals surface area contributed by atoms with E-state index in [1.807, 2.05) is 54.6 Å². The minimum absolute atomic E-state index is 0.0877. The summed E-state index contributed by atoms with van der Waals surface area (Å²) in [5.74, 6) is -1.42. The van der Waals surface area contributed by atoms with Crippen molar-refractivity contribution in [3.05, 3.63) is 107 Å². The molecule has 0 N–H and O–H groups in total. The highest BCUT2D eigenvalue weighted by molar-refractivity contribution is 6.08. The van der Waals surface area contributed by atoms with E-state index < -0.39 is 23.5 Å². The van der Waals surface area contributed by atoms with Gasteiger partial charge >= 0.3 is 0 Å². The molecule has 172 valence electrons. The quantitative estimate of drug-likeness (QED) is 0.420. The molecule has 3 aromatic carbocycles. The summed E-state index contributed by atoms with van der Waals surface area (Å²) in [6, 6.07) is 26.3. The molecule has 1 fully saturated rings. The number of carbonyl (C=O) groups is 2. The van der Waals surface area contributed by atoms with Gasteiger partial charge in [0.15, 0.2) is 6.29 Å². The summed E-state index contributed by atoms with van der Waals surface area (Å²) in [5, 5.41) is 0. The summed E-state index contributed by atoms with van der Waals surface area (Å²) >= 11 is 0. The van der Waals surface area contributed by atoms with Gasteiger partial charge in [-0.3, -0.25) is 14.5 Å². The Morgan fingerprint density at radius 1 is 0.794 bits per heavy atom. The first-order valence-corrected chi connectivity index (χ1v) is 11.8. The molecule has 0 spiro atoms. The van der Waals surface area contributed by atoms with Crippen LogP contribution in [-0.4, -0.2) is 43.8 Å². The van der Waals surface area contributed by atoms with Gasteiger partial charge < -0.3 is 9.47 Å². The zero-order valence-corrected chi connectivity index (χ0v) is 19.3. The molecule has 1 heterocycles. The lowest BCUT2D eigenvalue weighted by atomic mass is 9.47. The molecule has 0 aromatic heterocycles. The lowest BCUT2D eigenvalue weighted by molar-refractivity contribution is -0.169. The average molecular weight is 454 g/mol. The number of hydrogen-bond acceptors (Lipinski definition) is 4. The second-order valence-electron chi connectivity index (χ2n) is 9.39. The Morgan fingerprint density at radius 2 is 1.35 bits per heavy atom. The van der Waals surface area contributed by atoms with Gasteiger partial charge in [-0.1, -0.05) is 78.9 Å². The molecule has 7 rings (SSSR count). The lowest BCUT2D eigenvalue weighted by Gasteiger charge is -2.56. The summed E-state index contributed by atoms with van der Waals surface area (Å²) in [6.45, 7) is 0.370. The predicted octanol–water partition coefficient (Wildman–Crippen LogP) is 3.89. The van der Waals surface area contributed by atoms with Gasteiger partial charge in [-0.05, 0) is 34.2 Å². The number of rotatable bonds is 6. The first-order chi connectivity index (χ1) is 16.6. The molecule has 3 aliphatic carbocycles. The van der Waals surface area contributed by atoms with Crippen molar-refractivity contribution in [2.24, 2.45) is 11.8 Å². The van der Waals surface area contributed by atoms with E-state index >= 15 is 0 Å². The molecular weight excluding hydrogens is 426 g/mol. The maximum Gasteiger partial charge on any atom is 0.234 e. The molecule has 1 saturated heterocycles. The normalized spacial score (nSPS) is 26.6. The molecule has 0 unspecified atom stereocenters. The molecule has 0 saturated carbocycles. The number of amides is 2. The molecule has 2 bridgehead atoms. The van der Waals surface area contributed by atoms with Crippen molar-refractivity contribution in [3.63, 3.8) is 0 Å². The zero-order valence-electron chi connectivity index (χ0n) is 19.3. The van der Waals surface area contributed by atoms with Crippen LogP contribution in [0.1, 0.15) is 33.7 Å². The zero-order chi connectivity index (χ0) is 23.4. The van der Waals surface area contributed by atoms with Crippen LogP contribution >= 0.6 is 0 Å². The minimum atomic E-state index is -0.898. The van der Waals surface area contributed by atoms with Crippen LogP contribution in [0.15, 0.2) is 78.9 Å². The summed E-state index contributed by atoms with van der Waals surface area (Å²) in [6.07, 6.45) is -0.0813. The van der Waals surface area contributed by atoms with E-state index in [-0.39, 0.29) is 17.7 Å². The van der Waals surface area contributed by atoms with Gasteiger partial charge in [0, 0.05) is 26.7 Å². The fourth-order valence-corrected chi connectivity index (χ4v) is 6.86. The first kappa shape index (κ1) is 21.3. The highest BCUT2D eigenvalue weighted by atomic mass is 16.7. The number of nitrogens with zero attached hydrogens (tertiary/aromatic N) is 1. The van der Waals surface area contributed by atoms with Crippen molar-refractivity contribution >= 4 is 11.8 Å². The SMILES string of the molecule is COC(OC)C12c3ccccc3C(c3ccccc31)[C@@H]1C(=O)N(CCc3ccccc3)C(=O)[C@H]12. The minimum Gasteiger partial charge on any atom is -0.355 e. The van der Waals surface area contributed by atoms with Crippen LogP contribution in [0.4, 0.5) is 0 Å². The molecule has 34 heavy (non-hydrogen) atoms. The van der Waals surface area contributed by atoms with E-state index in [1.165, 1.54) is 4.90 Å². The van der Waals surface area contributed by atoms with Gasteiger partial charge in [0.25, 0.3) is 0 Å². The van der Waals surface area contributed by atoms with E-state index in [1.54, 1.807) is 14.2 Å². The predicted molar refractivity (Wildman–Crippen MR) is 127 cm³/mol. The Kier molecular flexibility index (Phi) is 4.94. The van der Waals surface area contributed by atoms with Crippen molar-refractivity contribution in [2.45, 2.75) is 24.0 Å². The Hall–Kier alpha value is -3.28. The molecule has 2 amide bonds. The van der Waals surface area contributed by atoms with Gasteiger partial charge in [0.05, 0.1) is 17.3 Å². The molecule has 3 aromatic rings. The third-order valence-corrected chi connectivity index (χ3v) is 8.04. The van der Waals surface area contributed by atoms with E-state index in [4.69, 9.17) is 9.47 Å². The average Bonchev–Trinajstić information content (AvgIpc) is 3.14. The number of carbonyl (C=O) groups excluding carboxylic acids is 2. The molecule has 2 atom stereocenters. The van der Waals surface area contributed by atoms with E-state index in [0.717, 1.165) is 27.8 Å². The number of likely N-dealkylation sites (tertiary alicyclic amines) is 1. The van der Waals surface area contributed by atoms with Crippen LogP contribution in [0.25, 0.3) is 0 Å². The maximum absolute atomic E-state index is 14.1. The van der Waals surface area contributed by atoms with E-state index in [9.17, 15) is 9.59 Å². The number of methoxy groups -OCH3 is 2. The van der Waals surface area contributed by atoms with Crippen molar-refractivity contribution < 1.29 is 19.1 Å². The second kappa shape index (κ2) is 7.90. The summed E-state index contributed by atoms with van der Waals surface area (Å²) in [7, 11) is 3.22. The van der Waals surface area contributed by atoms with Crippen LogP contribution in [0, 0.1) is 11.8 Å². The molecule has 0 radical (unpaired) electrons. The number of ether oxygens (including phenoxy) is 2. The second-order valence-corrected chi connectivity index (χ2v) is 9.39. The summed E-state index contributed by atoms with van der Waals surface area (Å²) < 4.78 is 11.8. The van der Waals surface area contributed by atoms with Gasteiger partial charge in [0.2, 0.25) is 11.8 Å². The third kappa shape index (κ3) is 2.62. The van der Waals surface area contributed by atoms with E-state index in [2.05, 4.69) is 24.3 Å². The van der Waals surface area contributed by atoms with Crippen molar-refractivity contribution in [2.75, 3.05) is 20.8 Å². The Morgan fingerprint density at radius 3 is 1.94 bits per heavy atom. The topological polar surface area (TPSA) is 55.8 Å². The van der Waals surface area contributed by atoms with Crippen LogP contribution < -0.4 is 0 Å². The van der Waals surface area contributed by atoms with E-state index in [0.29, 0.717) is 13.0 Å². The van der Waals surface area contributed by atoms with Crippen molar-refractivity contribution in [1.82, 2.24) is 4.90 Å². The smallest absolute Gasteiger partial charge is 0.234 e. The molecule has 4 aliphatic rings. The number of imide groups is 1.